The smallest absolute Gasteiger partial charge is 0.191 e. The van der Waals surface area contributed by atoms with E-state index < -0.39 is 0 Å². The van der Waals surface area contributed by atoms with Crippen molar-refractivity contribution in [1.29, 1.82) is 0 Å². The Hall–Kier alpha value is -0.820. The fourth-order valence-corrected chi connectivity index (χ4v) is 3.22. The van der Waals surface area contributed by atoms with Crippen LogP contribution in [0.1, 0.15) is 49.7 Å². The Morgan fingerprint density at radius 2 is 1.79 bits per heavy atom. The fraction of sp³-hybridized carbons (Fsp3) is 0.632. The van der Waals surface area contributed by atoms with Crippen molar-refractivity contribution in [1.82, 2.24) is 10.6 Å². The minimum Gasteiger partial charge on any atom is -0.380 e. The van der Waals surface area contributed by atoms with Crippen LogP contribution >= 0.6 is 24.0 Å². The van der Waals surface area contributed by atoms with Crippen LogP contribution in [0, 0.1) is 5.92 Å². The number of aliphatic imine (C=N–C) groups is 1. The van der Waals surface area contributed by atoms with E-state index in [4.69, 9.17) is 4.74 Å². The molecule has 136 valence electrons. The molecule has 1 saturated carbocycles. The summed E-state index contributed by atoms with van der Waals surface area (Å²) >= 11 is 0. The van der Waals surface area contributed by atoms with E-state index in [1.165, 1.54) is 49.7 Å². The van der Waals surface area contributed by atoms with Crippen LogP contribution in [0.15, 0.2) is 29.3 Å². The molecule has 5 heteroatoms. The highest BCUT2D eigenvalue weighted by Crippen LogP contribution is 2.28. The normalized spacial score (nSPS) is 15.2. The molecule has 2 rings (SSSR count). The first-order valence-electron chi connectivity index (χ1n) is 8.83. The van der Waals surface area contributed by atoms with Crippen molar-refractivity contribution < 1.29 is 4.74 Å². The minimum absolute atomic E-state index is 0. The first kappa shape index (κ1) is 21.2. The second-order valence-corrected chi connectivity index (χ2v) is 6.39. The van der Waals surface area contributed by atoms with Gasteiger partial charge in [0, 0.05) is 27.2 Å². The molecule has 0 heterocycles. The van der Waals surface area contributed by atoms with Crippen LogP contribution in [0.5, 0.6) is 0 Å². The number of rotatable bonds is 8. The van der Waals surface area contributed by atoms with Crippen molar-refractivity contribution in [3.63, 3.8) is 0 Å². The van der Waals surface area contributed by atoms with E-state index >= 15 is 0 Å². The van der Waals surface area contributed by atoms with Crippen molar-refractivity contribution in [2.24, 2.45) is 10.9 Å². The van der Waals surface area contributed by atoms with Gasteiger partial charge in [-0.05, 0) is 29.9 Å². The van der Waals surface area contributed by atoms with Crippen LogP contribution in [0.4, 0.5) is 0 Å². The van der Waals surface area contributed by atoms with Crippen molar-refractivity contribution >= 4 is 29.9 Å². The van der Waals surface area contributed by atoms with Gasteiger partial charge in [-0.3, -0.25) is 4.99 Å². The number of halogens is 1. The third kappa shape index (κ3) is 7.83. The molecule has 1 aromatic rings. The van der Waals surface area contributed by atoms with Crippen LogP contribution in [-0.2, 0) is 17.9 Å². The number of nitrogens with one attached hydrogen (secondary N) is 2. The zero-order chi connectivity index (χ0) is 16.3. The number of guanidine groups is 1. The summed E-state index contributed by atoms with van der Waals surface area (Å²) in [7, 11) is 3.55. The molecule has 0 saturated heterocycles. The highest BCUT2D eigenvalue weighted by Gasteiger charge is 2.13. The number of methoxy groups -OCH3 is 1. The molecule has 1 aliphatic carbocycles. The van der Waals surface area contributed by atoms with Gasteiger partial charge in [0.25, 0.3) is 0 Å². The van der Waals surface area contributed by atoms with Crippen molar-refractivity contribution in [2.75, 3.05) is 20.7 Å². The lowest BCUT2D eigenvalue weighted by atomic mass is 10.0. The predicted molar refractivity (Wildman–Crippen MR) is 112 cm³/mol. The summed E-state index contributed by atoms with van der Waals surface area (Å²) in [6, 6.07) is 8.49. The molecule has 0 radical (unpaired) electrons. The molecular formula is C19H32IN3O. The van der Waals surface area contributed by atoms with Crippen LogP contribution in [0.25, 0.3) is 0 Å². The maximum Gasteiger partial charge on any atom is 0.191 e. The van der Waals surface area contributed by atoms with Gasteiger partial charge in [-0.1, -0.05) is 49.9 Å². The first-order valence-corrected chi connectivity index (χ1v) is 8.83. The van der Waals surface area contributed by atoms with E-state index in [0.717, 1.165) is 25.0 Å². The van der Waals surface area contributed by atoms with E-state index in [1.807, 2.05) is 7.05 Å². The van der Waals surface area contributed by atoms with Gasteiger partial charge < -0.3 is 15.4 Å². The van der Waals surface area contributed by atoms with Crippen molar-refractivity contribution in [2.45, 2.75) is 51.7 Å². The molecule has 24 heavy (non-hydrogen) atoms. The molecule has 0 aromatic heterocycles. The minimum atomic E-state index is 0. The number of nitrogens with zero attached hydrogens (tertiary/aromatic N) is 1. The van der Waals surface area contributed by atoms with Gasteiger partial charge in [0.15, 0.2) is 5.96 Å². The highest BCUT2D eigenvalue weighted by atomic mass is 127. The van der Waals surface area contributed by atoms with E-state index in [0.29, 0.717) is 6.61 Å². The Morgan fingerprint density at radius 1 is 1.12 bits per heavy atom. The molecule has 4 nitrogen and oxygen atoms in total. The Kier molecular flexibility index (Phi) is 11.1. The summed E-state index contributed by atoms with van der Waals surface area (Å²) in [5, 5.41) is 6.79. The number of hydrogen-bond donors (Lipinski definition) is 2. The van der Waals surface area contributed by atoms with Gasteiger partial charge in [-0.15, -0.1) is 24.0 Å². The molecule has 0 bridgehead atoms. The summed E-state index contributed by atoms with van der Waals surface area (Å²) in [6.07, 6.45) is 8.33. The summed E-state index contributed by atoms with van der Waals surface area (Å²) in [4.78, 5) is 4.29. The molecule has 0 amide bonds. The third-order valence-electron chi connectivity index (χ3n) is 4.57. The molecule has 0 spiro atoms. The Morgan fingerprint density at radius 3 is 2.42 bits per heavy atom. The number of benzene rings is 1. The molecular weight excluding hydrogens is 413 g/mol. The monoisotopic (exact) mass is 445 g/mol. The Balaban J connectivity index is 0.00000288. The number of hydrogen-bond acceptors (Lipinski definition) is 2. The Labute approximate surface area is 163 Å². The van der Waals surface area contributed by atoms with E-state index in [9.17, 15) is 0 Å². The van der Waals surface area contributed by atoms with Gasteiger partial charge in [0.05, 0.1) is 6.61 Å². The first-order chi connectivity index (χ1) is 11.3. The maximum atomic E-state index is 5.13. The topological polar surface area (TPSA) is 45.7 Å². The van der Waals surface area contributed by atoms with E-state index in [1.54, 1.807) is 7.11 Å². The average molecular weight is 445 g/mol. The van der Waals surface area contributed by atoms with Gasteiger partial charge in [0.2, 0.25) is 0 Å². The van der Waals surface area contributed by atoms with Crippen LogP contribution < -0.4 is 10.6 Å². The molecule has 0 atom stereocenters. The molecule has 0 aliphatic heterocycles. The van der Waals surface area contributed by atoms with Crippen LogP contribution in [0.2, 0.25) is 0 Å². The highest BCUT2D eigenvalue weighted by molar-refractivity contribution is 14.0. The lowest BCUT2D eigenvalue weighted by molar-refractivity contribution is 0.185. The van der Waals surface area contributed by atoms with Gasteiger partial charge >= 0.3 is 0 Å². The lowest BCUT2D eigenvalue weighted by Gasteiger charge is -2.13. The zero-order valence-corrected chi connectivity index (χ0v) is 17.3. The van der Waals surface area contributed by atoms with Gasteiger partial charge in [-0.2, -0.15) is 0 Å². The average Bonchev–Trinajstić information content (AvgIpc) is 3.09. The standard InChI is InChI=1S/C19H31N3O.HI/c1-20-19(21-13-5-8-16-6-3-4-7-16)22-14-17-9-11-18(12-10-17)15-23-2;/h9-12,16H,3-8,13-15H2,1-2H3,(H2,20,21,22);1H. The quantitative estimate of drug-likeness (QED) is 0.274. The van der Waals surface area contributed by atoms with Crippen LogP contribution in [0.3, 0.4) is 0 Å². The maximum absolute atomic E-state index is 5.13. The number of ether oxygens (including phenoxy) is 1. The van der Waals surface area contributed by atoms with Gasteiger partial charge in [-0.25, -0.2) is 0 Å². The van der Waals surface area contributed by atoms with E-state index in [-0.39, 0.29) is 24.0 Å². The Bertz CT molecular complexity index is 470. The van der Waals surface area contributed by atoms with E-state index in [2.05, 4.69) is 39.9 Å². The SMILES string of the molecule is CN=C(NCCCC1CCCC1)NCc1ccc(COC)cc1.I. The fourth-order valence-electron chi connectivity index (χ4n) is 3.22. The summed E-state index contributed by atoms with van der Waals surface area (Å²) in [5.41, 5.74) is 2.45. The lowest BCUT2D eigenvalue weighted by Crippen LogP contribution is -2.37. The third-order valence-corrected chi connectivity index (χ3v) is 4.57. The largest absolute Gasteiger partial charge is 0.380 e. The molecule has 1 aromatic carbocycles. The van der Waals surface area contributed by atoms with Gasteiger partial charge in [0.1, 0.15) is 0 Å². The second kappa shape index (κ2) is 12.5. The molecule has 2 N–H and O–H groups in total. The summed E-state index contributed by atoms with van der Waals surface area (Å²) in [5.74, 6) is 1.86. The molecule has 1 aliphatic rings. The summed E-state index contributed by atoms with van der Waals surface area (Å²) in [6.45, 7) is 2.45. The molecule has 0 unspecified atom stereocenters. The molecule has 1 fully saturated rings. The zero-order valence-electron chi connectivity index (χ0n) is 15.0. The van der Waals surface area contributed by atoms with Crippen molar-refractivity contribution in [3.8, 4) is 0 Å². The predicted octanol–water partition coefficient (Wildman–Crippen LogP) is 4.09. The summed E-state index contributed by atoms with van der Waals surface area (Å²) < 4.78 is 5.13. The second-order valence-electron chi connectivity index (χ2n) is 6.39. The van der Waals surface area contributed by atoms with Crippen LogP contribution in [-0.4, -0.2) is 26.7 Å². The van der Waals surface area contributed by atoms with Crippen molar-refractivity contribution in [3.05, 3.63) is 35.4 Å².